The number of carbonyl (C=O) groups is 2. The van der Waals surface area contributed by atoms with Gasteiger partial charge in [0.15, 0.2) is 5.13 Å². The average molecular weight is 501 g/mol. The van der Waals surface area contributed by atoms with Crippen LogP contribution in [0.1, 0.15) is 34.6 Å². The molecule has 1 aromatic heterocycles. The third-order valence-corrected chi connectivity index (χ3v) is 5.29. The summed E-state index contributed by atoms with van der Waals surface area (Å²) in [7, 11) is 0. The van der Waals surface area contributed by atoms with Crippen molar-refractivity contribution < 1.29 is 14.3 Å². The van der Waals surface area contributed by atoms with Crippen LogP contribution in [0.5, 0.6) is 0 Å². The maximum atomic E-state index is 12.5. The molecule has 0 fully saturated rings. The van der Waals surface area contributed by atoms with Gasteiger partial charge in [-0.1, -0.05) is 22.9 Å². The van der Waals surface area contributed by atoms with Gasteiger partial charge in [0, 0.05) is 3.57 Å². The van der Waals surface area contributed by atoms with Crippen LogP contribution in [0.4, 0.5) is 5.13 Å². The standard InChI is InChI=1S/C18H14ClIN2O3S/c1-9(2)25-17(24)10-3-6-14-15(7-10)26-18(21-14)22-16(23)12-8-11(20)4-5-13(12)19/h3-9H,1-2H3,(H,21,22,23). The Morgan fingerprint density at radius 1 is 1.23 bits per heavy atom. The van der Waals surface area contributed by atoms with Gasteiger partial charge in [-0.3, -0.25) is 10.1 Å². The van der Waals surface area contributed by atoms with Crippen LogP contribution in [0.3, 0.4) is 0 Å². The Hall–Kier alpha value is -1.71. The molecular weight excluding hydrogens is 487 g/mol. The van der Waals surface area contributed by atoms with Gasteiger partial charge in [0.05, 0.1) is 32.5 Å². The molecule has 1 amide bonds. The molecule has 1 N–H and O–H groups in total. The molecule has 26 heavy (non-hydrogen) atoms. The Kier molecular flexibility index (Phi) is 5.79. The lowest BCUT2D eigenvalue weighted by Gasteiger charge is -2.07. The number of nitrogens with one attached hydrogen (secondary N) is 1. The first-order valence-corrected chi connectivity index (χ1v) is 9.99. The Balaban J connectivity index is 1.84. The third-order valence-electron chi connectivity index (χ3n) is 3.36. The molecule has 5 nitrogen and oxygen atoms in total. The van der Waals surface area contributed by atoms with E-state index in [0.717, 1.165) is 8.27 Å². The molecule has 134 valence electrons. The first kappa shape index (κ1) is 19.1. The second kappa shape index (κ2) is 7.89. The largest absolute Gasteiger partial charge is 0.459 e. The summed E-state index contributed by atoms with van der Waals surface area (Å²) in [6, 6.07) is 10.3. The van der Waals surface area contributed by atoms with Crippen molar-refractivity contribution in [1.29, 1.82) is 0 Å². The summed E-state index contributed by atoms with van der Waals surface area (Å²) in [6.45, 7) is 3.60. The second-order valence-corrected chi connectivity index (χ2v) is 8.42. The molecule has 0 saturated heterocycles. The number of rotatable bonds is 4. The molecule has 0 aliphatic carbocycles. The Labute approximate surface area is 172 Å². The highest BCUT2D eigenvalue weighted by molar-refractivity contribution is 14.1. The number of amides is 1. The molecule has 0 aliphatic heterocycles. The van der Waals surface area contributed by atoms with Crippen molar-refractivity contribution >= 4 is 72.8 Å². The van der Waals surface area contributed by atoms with Crippen LogP contribution >= 0.6 is 45.5 Å². The predicted molar refractivity (Wildman–Crippen MR) is 112 cm³/mol. The van der Waals surface area contributed by atoms with Gasteiger partial charge in [-0.05, 0) is 72.8 Å². The minimum atomic E-state index is -0.383. The monoisotopic (exact) mass is 500 g/mol. The minimum Gasteiger partial charge on any atom is -0.459 e. The van der Waals surface area contributed by atoms with E-state index < -0.39 is 0 Å². The van der Waals surface area contributed by atoms with E-state index in [9.17, 15) is 9.59 Å². The summed E-state index contributed by atoms with van der Waals surface area (Å²) >= 11 is 9.51. The lowest BCUT2D eigenvalue weighted by atomic mass is 10.2. The number of thiazole rings is 1. The van der Waals surface area contributed by atoms with Gasteiger partial charge in [0.2, 0.25) is 0 Å². The highest BCUT2D eigenvalue weighted by atomic mass is 127. The van der Waals surface area contributed by atoms with E-state index in [4.69, 9.17) is 16.3 Å². The molecule has 3 aromatic rings. The third kappa shape index (κ3) is 4.33. The Morgan fingerprint density at radius 3 is 2.73 bits per heavy atom. The first-order chi connectivity index (χ1) is 12.3. The number of esters is 1. The van der Waals surface area contributed by atoms with E-state index in [0.29, 0.717) is 26.8 Å². The van der Waals surface area contributed by atoms with E-state index in [1.807, 2.05) is 6.07 Å². The van der Waals surface area contributed by atoms with Crippen LogP contribution in [0, 0.1) is 3.57 Å². The number of ether oxygens (including phenoxy) is 1. The zero-order chi connectivity index (χ0) is 18.8. The highest BCUT2D eigenvalue weighted by Crippen LogP contribution is 2.28. The molecule has 0 atom stereocenters. The summed E-state index contributed by atoms with van der Waals surface area (Å²) in [6.07, 6.45) is -0.187. The average Bonchev–Trinajstić information content (AvgIpc) is 2.97. The smallest absolute Gasteiger partial charge is 0.338 e. The molecule has 0 saturated carbocycles. The molecule has 0 radical (unpaired) electrons. The van der Waals surface area contributed by atoms with Crippen LogP contribution in [0.25, 0.3) is 10.2 Å². The number of benzene rings is 2. The Bertz CT molecular complexity index is 1000. The van der Waals surface area contributed by atoms with Crippen molar-refractivity contribution in [2.75, 3.05) is 5.32 Å². The maximum absolute atomic E-state index is 12.5. The fourth-order valence-electron chi connectivity index (χ4n) is 2.22. The Morgan fingerprint density at radius 2 is 2.00 bits per heavy atom. The van der Waals surface area contributed by atoms with Crippen molar-refractivity contribution in [3.8, 4) is 0 Å². The van der Waals surface area contributed by atoms with Gasteiger partial charge in [0.1, 0.15) is 0 Å². The molecule has 0 unspecified atom stereocenters. The zero-order valence-electron chi connectivity index (χ0n) is 13.9. The molecular formula is C18H14ClIN2O3S. The van der Waals surface area contributed by atoms with Crippen LogP contribution in [-0.4, -0.2) is 23.0 Å². The van der Waals surface area contributed by atoms with Gasteiger partial charge >= 0.3 is 5.97 Å². The van der Waals surface area contributed by atoms with Gasteiger partial charge in [-0.25, -0.2) is 9.78 Å². The minimum absolute atomic E-state index is 0.187. The highest BCUT2D eigenvalue weighted by Gasteiger charge is 2.15. The summed E-state index contributed by atoms with van der Waals surface area (Å²) < 4.78 is 6.90. The fraction of sp³-hybridized carbons (Fsp3) is 0.167. The topological polar surface area (TPSA) is 68.3 Å². The van der Waals surface area contributed by atoms with E-state index in [1.165, 1.54) is 11.3 Å². The molecule has 1 heterocycles. The molecule has 2 aromatic carbocycles. The van der Waals surface area contributed by atoms with Crippen molar-refractivity contribution in [3.63, 3.8) is 0 Å². The number of anilines is 1. The van der Waals surface area contributed by atoms with Crippen LogP contribution < -0.4 is 5.32 Å². The second-order valence-electron chi connectivity index (χ2n) is 5.73. The number of carbonyl (C=O) groups excluding carboxylic acids is 2. The number of aromatic nitrogens is 1. The lowest BCUT2D eigenvalue weighted by molar-refractivity contribution is 0.0378. The normalized spacial score (nSPS) is 11.0. The molecule has 8 heteroatoms. The van der Waals surface area contributed by atoms with E-state index in [-0.39, 0.29) is 18.0 Å². The molecule has 0 bridgehead atoms. The van der Waals surface area contributed by atoms with E-state index in [1.54, 1.807) is 44.2 Å². The summed E-state index contributed by atoms with van der Waals surface area (Å²) in [5, 5.41) is 3.58. The number of hydrogen-bond donors (Lipinski definition) is 1. The fourth-order valence-corrected chi connectivity index (χ4v) is 3.82. The van der Waals surface area contributed by atoms with Gasteiger partial charge in [0.25, 0.3) is 5.91 Å². The number of fused-ring (bicyclic) bond motifs is 1. The zero-order valence-corrected chi connectivity index (χ0v) is 17.6. The van der Waals surface area contributed by atoms with Gasteiger partial charge in [-0.15, -0.1) is 0 Å². The van der Waals surface area contributed by atoms with Gasteiger partial charge in [-0.2, -0.15) is 0 Å². The van der Waals surface area contributed by atoms with Crippen molar-refractivity contribution in [2.45, 2.75) is 20.0 Å². The van der Waals surface area contributed by atoms with E-state index >= 15 is 0 Å². The van der Waals surface area contributed by atoms with Gasteiger partial charge < -0.3 is 4.74 Å². The molecule has 3 rings (SSSR count). The predicted octanol–water partition coefficient (Wildman–Crippen LogP) is 5.37. The molecule has 0 aliphatic rings. The number of nitrogens with zero attached hydrogens (tertiary/aromatic N) is 1. The quantitative estimate of drug-likeness (QED) is 0.386. The maximum Gasteiger partial charge on any atom is 0.338 e. The van der Waals surface area contributed by atoms with Crippen LogP contribution in [0.2, 0.25) is 5.02 Å². The van der Waals surface area contributed by atoms with E-state index in [2.05, 4.69) is 32.9 Å². The van der Waals surface area contributed by atoms with Crippen molar-refractivity contribution in [3.05, 3.63) is 56.1 Å². The van der Waals surface area contributed by atoms with Crippen LogP contribution in [0.15, 0.2) is 36.4 Å². The SMILES string of the molecule is CC(C)OC(=O)c1ccc2nc(NC(=O)c3cc(I)ccc3Cl)sc2c1. The van der Waals surface area contributed by atoms with Crippen LogP contribution in [-0.2, 0) is 4.74 Å². The number of halogens is 2. The molecule has 0 spiro atoms. The van der Waals surface area contributed by atoms with Crippen molar-refractivity contribution in [2.24, 2.45) is 0 Å². The summed E-state index contributed by atoms with van der Waals surface area (Å²) in [5.74, 6) is -0.710. The summed E-state index contributed by atoms with van der Waals surface area (Å²) in [4.78, 5) is 28.8. The summed E-state index contributed by atoms with van der Waals surface area (Å²) in [5.41, 5.74) is 1.53. The first-order valence-electron chi connectivity index (χ1n) is 7.71. The van der Waals surface area contributed by atoms with Crippen molar-refractivity contribution in [1.82, 2.24) is 4.98 Å². The lowest BCUT2D eigenvalue weighted by Crippen LogP contribution is -2.12. The number of hydrogen-bond acceptors (Lipinski definition) is 5.